The molecule has 2 rings (SSSR count). The maximum absolute atomic E-state index is 5.75. The Morgan fingerprint density at radius 3 is 2.53 bits per heavy atom. The molecule has 1 saturated heterocycles. The number of hydrazine groups is 1. The van der Waals surface area contributed by atoms with Crippen molar-refractivity contribution in [1.82, 2.24) is 15.2 Å². The van der Waals surface area contributed by atoms with E-state index in [0.29, 0.717) is 5.92 Å². The maximum Gasteiger partial charge on any atom is 0.0644 e. The fourth-order valence-corrected chi connectivity index (χ4v) is 2.74. The third-order valence-electron chi connectivity index (χ3n) is 3.79. The van der Waals surface area contributed by atoms with Gasteiger partial charge >= 0.3 is 0 Å². The first-order valence-corrected chi connectivity index (χ1v) is 6.19. The molecule has 0 bridgehead atoms. The summed E-state index contributed by atoms with van der Waals surface area (Å²) in [5.41, 5.74) is 6.49. The van der Waals surface area contributed by atoms with Gasteiger partial charge in [0.25, 0.3) is 0 Å². The number of nitrogens with two attached hydrogens (primary N) is 1. The molecule has 3 N–H and O–H groups in total. The Balaban J connectivity index is 2.27. The molecule has 1 fully saturated rings. The van der Waals surface area contributed by atoms with Crippen molar-refractivity contribution < 1.29 is 4.74 Å². The zero-order chi connectivity index (χ0) is 12.4. The van der Waals surface area contributed by atoms with Gasteiger partial charge in [0.15, 0.2) is 0 Å². The molecule has 5 heteroatoms. The second kappa shape index (κ2) is 5.16. The van der Waals surface area contributed by atoms with Gasteiger partial charge in [-0.1, -0.05) is 0 Å². The molecule has 0 aliphatic carbocycles. The molecule has 1 atom stereocenters. The van der Waals surface area contributed by atoms with E-state index in [4.69, 9.17) is 10.6 Å². The summed E-state index contributed by atoms with van der Waals surface area (Å²) in [6.07, 6.45) is 2.12. The number of nitrogens with one attached hydrogen (secondary N) is 1. The standard InChI is InChI=1S/C12H22N4O/c1-8-11(9(2)16(3)15-8)12(14-13)10-4-6-17-7-5-10/h10,12,14H,4-7,13H2,1-3H3. The minimum absolute atomic E-state index is 0.188. The van der Waals surface area contributed by atoms with E-state index in [1.165, 1.54) is 11.3 Å². The molecule has 0 aromatic carbocycles. The van der Waals surface area contributed by atoms with E-state index in [1.807, 2.05) is 18.7 Å². The maximum atomic E-state index is 5.75. The smallest absolute Gasteiger partial charge is 0.0644 e. The van der Waals surface area contributed by atoms with Crippen LogP contribution in [0.2, 0.25) is 0 Å². The Morgan fingerprint density at radius 2 is 2.06 bits per heavy atom. The third kappa shape index (κ3) is 2.36. The normalized spacial score (nSPS) is 19.5. The lowest BCUT2D eigenvalue weighted by Gasteiger charge is -2.30. The zero-order valence-electron chi connectivity index (χ0n) is 10.9. The van der Waals surface area contributed by atoms with Crippen molar-refractivity contribution in [1.29, 1.82) is 0 Å². The van der Waals surface area contributed by atoms with Crippen LogP contribution in [0.15, 0.2) is 0 Å². The van der Waals surface area contributed by atoms with Gasteiger partial charge < -0.3 is 4.74 Å². The van der Waals surface area contributed by atoms with Crippen LogP contribution in [0.1, 0.15) is 35.8 Å². The first kappa shape index (κ1) is 12.5. The largest absolute Gasteiger partial charge is 0.381 e. The summed E-state index contributed by atoms with van der Waals surface area (Å²) in [6.45, 7) is 5.81. The van der Waals surface area contributed by atoms with E-state index >= 15 is 0 Å². The molecule has 1 aliphatic heterocycles. The number of hydrogen-bond donors (Lipinski definition) is 2. The van der Waals surface area contributed by atoms with Crippen LogP contribution in [0.3, 0.4) is 0 Å². The molecule has 1 aromatic heterocycles. The first-order valence-electron chi connectivity index (χ1n) is 6.19. The Hall–Kier alpha value is -0.910. The van der Waals surface area contributed by atoms with Gasteiger partial charge in [-0.2, -0.15) is 5.10 Å². The lowest BCUT2D eigenvalue weighted by atomic mass is 9.86. The fraction of sp³-hybridized carbons (Fsp3) is 0.750. The van der Waals surface area contributed by atoms with Crippen molar-refractivity contribution in [3.8, 4) is 0 Å². The Kier molecular flexibility index (Phi) is 3.81. The highest BCUT2D eigenvalue weighted by atomic mass is 16.5. The topological polar surface area (TPSA) is 65.1 Å². The van der Waals surface area contributed by atoms with E-state index in [2.05, 4.69) is 17.4 Å². The molecular formula is C12H22N4O. The average molecular weight is 238 g/mol. The number of rotatable bonds is 3. The summed E-state index contributed by atoms with van der Waals surface area (Å²) in [5, 5.41) is 4.46. The molecule has 17 heavy (non-hydrogen) atoms. The highest BCUT2D eigenvalue weighted by Crippen LogP contribution is 2.32. The summed E-state index contributed by atoms with van der Waals surface area (Å²) in [5.74, 6) is 6.29. The van der Waals surface area contributed by atoms with Crippen molar-refractivity contribution in [2.45, 2.75) is 32.7 Å². The van der Waals surface area contributed by atoms with Crippen LogP contribution in [0.4, 0.5) is 0 Å². The van der Waals surface area contributed by atoms with Gasteiger partial charge in [-0.05, 0) is 32.6 Å². The van der Waals surface area contributed by atoms with Crippen molar-refractivity contribution in [3.05, 3.63) is 17.0 Å². The molecule has 0 saturated carbocycles. The van der Waals surface area contributed by atoms with Gasteiger partial charge in [0.2, 0.25) is 0 Å². The summed E-state index contributed by atoms with van der Waals surface area (Å²) in [7, 11) is 1.98. The second-order valence-corrected chi connectivity index (χ2v) is 4.80. The van der Waals surface area contributed by atoms with Crippen LogP contribution in [0, 0.1) is 19.8 Å². The predicted octanol–water partition coefficient (Wildman–Crippen LogP) is 0.968. The molecular weight excluding hydrogens is 216 g/mol. The highest BCUT2D eigenvalue weighted by molar-refractivity contribution is 5.28. The fourth-order valence-electron chi connectivity index (χ4n) is 2.74. The van der Waals surface area contributed by atoms with Crippen LogP contribution < -0.4 is 11.3 Å². The van der Waals surface area contributed by atoms with Crippen molar-refractivity contribution in [3.63, 3.8) is 0 Å². The van der Waals surface area contributed by atoms with Crippen molar-refractivity contribution >= 4 is 0 Å². The molecule has 1 aliphatic rings. The van der Waals surface area contributed by atoms with Crippen LogP contribution >= 0.6 is 0 Å². The van der Waals surface area contributed by atoms with E-state index in [0.717, 1.165) is 31.7 Å². The molecule has 2 heterocycles. The Morgan fingerprint density at radius 1 is 1.41 bits per heavy atom. The number of hydrogen-bond acceptors (Lipinski definition) is 4. The third-order valence-corrected chi connectivity index (χ3v) is 3.79. The number of ether oxygens (including phenoxy) is 1. The quantitative estimate of drug-likeness (QED) is 0.608. The number of aromatic nitrogens is 2. The summed E-state index contributed by atoms with van der Waals surface area (Å²) < 4.78 is 7.33. The number of nitrogens with zero attached hydrogens (tertiary/aromatic N) is 2. The number of aryl methyl sites for hydroxylation is 2. The van der Waals surface area contributed by atoms with Crippen molar-refractivity contribution in [2.24, 2.45) is 18.8 Å². The Bertz CT molecular complexity index is 382. The van der Waals surface area contributed by atoms with Crippen molar-refractivity contribution in [2.75, 3.05) is 13.2 Å². The molecule has 1 aromatic rings. The monoisotopic (exact) mass is 238 g/mol. The molecule has 0 amide bonds. The predicted molar refractivity (Wildman–Crippen MR) is 66.3 cm³/mol. The van der Waals surface area contributed by atoms with E-state index in [-0.39, 0.29) is 6.04 Å². The lowest BCUT2D eigenvalue weighted by molar-refractivity contribution is 0.0534. The van der Waals surface area contributed by atoms with Crippen LogP contribution in [0.5, 0.6) is 0 Å². The summed E-state index contributed by atoms with van der Waals surface area (Å²) in [4.78, 5) is 0. The van der Waals surface area contributed by atoms with Gasteiger partial charge in [-0.25, -0.2) is 0 Å². The van der Waals surface area contributed by atoms with Crippen LogP contribution in [-0.4, -0.2) is 23.0 Å². The average Bonchev–Trinajstić information content (AvgIpc) is 2.58. The summed E-state index contributed by atoms with van der Waals surface area (Å²) >= 11 is 0. The molecule has 0 spiro atoms. The minimum atomic E-state index is 0.188. The highest BCUT2D eigenvalue weighted by Gasteiger charge is 2.28. The van der Waals surface area contributed by atoms with Gasteiger partial charge in [0, 0.05) is 31.5 Å². The second-order valence-electron chi connectivity index (χ2n) is 4.80. The van der Waals surface area contributed by atoms with E-state index < -0.39 is 0 Å². The lowest BCUT2D eigenvalue weighted by Crippen LogP contribution is -2.36. The molecule has 1 unspecified atom stereocenters. The molecule has 96 valence electrons. The summed E-state index contributed by atoms with van der Waals surface area (Å²) in [6, 6.07) is 0.188. The van der Waals surface area contributed by atoms with Gasteiger partial charge in [-0.3, -0.25) is 16.0 Å². The van der Waals surface area contributed by atoms with E-state index in [1.54, 1.807) is 0 Å². The van der Waals surface area contributed by atoms with Gasteiger partial charge in [0.1, 0.15) is 0 Å². The SMILES string of the molecule is Cc1nn(C)c(C)c1C(NN)C1CCOCC1. The van der Waals surface area contributed by atoms with E-state index in [9.17, 15) is 0 Å². The molecule has 5 nitrogen and oxygen atoms in total. The van der Waals surface area contributed by atoms with Gasteiger partial charge in [0.05, 0.1) is 11.7 Å². The van der Waals surface area contributed by atoms with Crippen LogP contribution in [-0.2, 0) is 11.8 Å². The molecule has 0 radical (unpaired) electrons. The van der Waals surface area contributed by atoms with Crippen LogP contribution in [0.25, 0.3) is 0 Å². The first-order chi connectivity index (χ1) is 8.15. The minimum Gasteiger partial charge on any atom is -0.381 e. The van der Waals surface area contributed by atoms with Gasteiger partial charge in [-0.15, -0.1) is 0 Å². The zero-order valence-corrected chi connectivity index (χ0v) is 10.9. The Labute approximate surface area is 102 Å².